The topological polar surface area (TPSA) is 45.2 Å². The number of halogens is 6. The number of rotatable bonds is 7. The van der Waals surface area contributed by atoms with E-state index in [-0.39, 0.29) is 19.1 Å². The number of hydrogen-bond acceptors (Lipinski definition) is 5. The first-order chi connectivity index (χ1) is 19.3. The summed E-state index contributed by atoms with van der Waals surface area (Å²) in [6, 6.07) is 20.3. The summed E-state index contributed by atoms with van der Waals surface area (Å²) >= 11 is 0. The molecule has 11 heteroatoms. The number of fused-ring (bicyclic) bond motifs is 1. The van der Waals surface area contributed by atoms with Gasteiger partial charge in [0.15, 0.2) is 6.10 Å². The summed E-state index contributed by atoms with van der Waals surface area (Å²) < 4.78 is 89.4. The van der Waals surface area contributed by atoms with Gasteiger partial charge in [-0.15, -0.1) is 13.2 Å². The molecule has 3 atom stereocenters. The highest BCUT2D eigenvalue weighted by atomic mass is 19.4. The van der Waals surface area contributed by atoms with Gasteiger partial charge in [0.2, 0.25) is 0 Å². The molecule has 220 valence electrons. The van der Waals surface area contributed by atoms with E-state index in [1.165, 1.54) is 23.1 Å². The number of para-hydroxylation sites is 1. The Morgan fingerprint density at radius 3 is 2.49 bits per heavy atom. The number of hydrogen-bond donors (Lipinski definition) is 1. The van der Waals surface area contributed by atoms with Crippen molar-refractivity contribution < 1.29 is 40.9 Å². The first-order valence-corrected chi connectivity index (χ1v) is 13.3. The summed E-state index contributed by atoms with van der Waals surface area (Å²) in [5.41, 5.74) is 2.37. The molecule has 0 aromatic heterocycles. The number of ether oxygens (including phenoxy) is 2. The minimum atomic E-state index is -4.91. The van der Waals surface area contributed by atoms with Crippen molar-refractivity contribution in [2.75, 3.05) is 42.6 Å². The monoisotopic (exact) mass is 580 g/mol. The number of aliphatic hydroxyl groups is 1. The third-order valence-corrected chi connectivity index (χ3v) is 7.64. The van der Waals surface area contributed by atoms with Crippen LogP contribution in [0.3, 0.4) is 0 Å². The zero-order valence-corrected chi connectivity index (χ0v) is 22.3. The average Bonchev–Trinajstić information content (AvgIpc) is 3.21. The third kappa shape index (κ3) is 6.41. The van der Waals surface area contributed by atoms with E-state index in [0.717, 1.165) is 11.3 Å². The van der Waals surface area contributed by atoms with Crippen molar-refractivity contribution in [2.24, 2.45) is 0 Å². The predicted octanol–water partition coefficient (Wildman–Crippen LogP) is 6.08. The quantitative estimate of drug-likeness (QED) is 0.343. The lowest BCUT2D eigenvalue weighted by Crippen LogP contribution is -2.44. The Labute approximate surface area is 233 Å². The van der Waals surface area contributed by atoms with Crippen molar-refractivity contribution in [3.8, 4) is 5.75 Å². The van der Waals surface area contributed by atoms with Crippen molar-refractivity contribution in [1.82, 2.24) is 0 Å². The Bertz CT molecular complexity index is 1360. The van der Waals surface area contributed by atoms with Crippen LogP contribution in [0.25, 0.3) is 0 Å². The van der Waals surface area contributed by atoms with Crippen LogP contribution in [0.5, 0.6) is 5.75 Å². The fraction of sp³-hybridized carbons (Fsp3) is 0.400. The molecule has 2 aliphatic heterocycles. The van der Waals surface area contributed by atoms with E-state index in [2.05, 4.69) is 9.64 Å². The molecule has 1 saturated heterocycles. The molecule has 1 N–H and O–H groups in total. The van der Waals surface area contributed by atoms with Gasteiger partial charge in [0.1, 0.15) is 5.75 Å². The van der Waals surface area contributed by atoms with Crippen molar-refractivity contribution in [3.63, 3.8) is 0 Å². The molecule has 5 rings (SSSR count). The van der Waals surface area contributed by atoms with E-state index < -0.39 is 36.4 Å². The second-order valence-electron chi connectivity index (χ2n) is 10.6. The minimum Gasteiger partial charge on any atom is -0.406 e. The lowest BCUT2D eigenvalue weighted by atomic mass is 9.71. The van der Waals surface area contributed by atoms with Gasteiger partial charge in [-0.05, 0) is 60.4 Å². The molecule has 0 bridgehead atoms. The Hall–Kier alpha value is -3.44. The highest BCUT2D eigenvalue weighted by molar-refractivity contribution is 5.67. The molecule has 1 fully saturated rings. The average molecular weight is 581 g/mol. The normalized spacial score (nSPS) is 22.0. The maximum Gasteiger partial charge on any atom is 0.573 e. The van der Waals surface area contributed by atoms with E-state index in [9.17, 15) is 31.4 Å². The number of anilines is 2. The molecule has 41 heavy (non-hydrogen) atoms. The van der Waals surface area contributed by atoms with Crippen LogP contribution in [-0.2, 0) is 16.6 Å². The van der Waals surface area contributed by atoms with Crippen LogP contribution < -0.4 is 14.5 Å². The van der Waals surface area contributed by atoms with Gasteiger partial charge in [0.05, 0.1) is 19.3 Å². The van der Waals surface area contributed by atoms with Gasteiger partial charge in [-0.2, -0.15) is 13.2 Å². The van der Waals surface area contributed by atoms with E-state index in [1.54, 1.807) is 30.3 Å². The second kappa shape index (κ2) is 11.1. The maximum absolute atomic E-state index is 13.4. The molecule has 0 saturated carbocycles. The molecule has 1 unspecified atom stereocenters. The smallest absolute Gasteiger partial charge is 0.406 e. The molecule has 2 heterocycles. The molecule has 2 aliphatic rings. The lowest BCUT2D eigenvalue weighted by molar-refractivity contribution is -0.274. The first-order valence-electron chi connectivity index (χ1n) is 13.3. The number of β-amino-alcohol motifs (C(OH)–C–C–N with tert-alkyl or cyclic N) is 1. The molecule has 0 amide bonds. The minimum absolute atomic E-state index is 0.00771. The number of benzene rings is 3. The van der Waals surface area contributed by atoms with Crippen LogP contribution in [0, 0.1) is 0 Å². The van der Waals surface area contributed by atoms with Gasteiger partial charge >= 0.3 is 12.5 Å². The van der Waals surface area contributed by atoms with Gasteiger partial charge in [0, 0.05) is 36.4 Å². The van der Waals surface area contributed by atoms with Gasteiger partial charge in [-0.25, -0.2) is 0 Å². The van der Waals surface area contributed by atoms with E-state index in [0.29, 0.717) is 36.5 Å². The van der Waals surface area contributed by atoms with E-state index >= 15 is 0 Å². The van der Waals surface area contributed by atoms with Crippen molar-refractivity contribution >= 4 is 11.4 Å². The highest BCUT2D eigenvalue weighted by Crippen LogP contribution is 2.48. The van der Waals surface area contributed by atoms with Gasteiger partial charge in [-0.3, -0.25) is 0 Å². The van der Waals surface area contributed by atoms with E-state index in [4.69, 9.17) is 4.74 Å². The Morgan fingerprint density at radius 2 is 1.76 bits per heavy atom. The van der Waals surface area contributed by atoms with Crippen molar-refractivity contribution in [1.29, 1.82) is 0 Å². The summed E-state index contributed by atoms with van der Waals surface area (Å²) in [5.74, 6) is -0.420. The van der Waals surface area contributed by atoms with Crippen LogP contribution in [0.1, 0.15) is 23.6 Å². The summed E-state index contributed by atoms with van der Waals surface area (Å²) in [6.07, 6.45) is -12.0. The van der Waals surface area contributed by atoms with Crippen LogP contribution in [0.15, 0.2) is 72.8 Å². The maximum atomic E-state index is 13.4. The molecule has 0 spiro atoms. The molecule has 0 aliphatic carbocycles. The van der Waals surface area contributed by atoms with Crippen LogP contribution in [-0.4, -0.2) is 62.6 Å². The summed E-state index contributed by atoms with van der Waals surface area (Å²) in [6.45, 7) is 3.24. The predicted molar refractivity (Wildman–Crippen MR) is 142 cm³/mol. The summed E-state index contributed by atoms with van der Waals surface area (Å²) in [5, 5.41) is 9.95. The number of aliphatic hydroxyl groups excluding tert-OH is 1. The molecular weight excluding hydrogens is 550 g/mol. The Morgan fingerprint density at radius 1 is 1.00 bits per heavy atom. The molecule has 3 aromatic carbocycles. The molecule has 0 radical (unpaired) electrons. The SMILES string of the molecule is C[C@@H]1CN(c2cccc(CC3(c4cccc(OC(F)(F)F)c4)CN(C[C@@H](O)C(F)(F)F)c4ccccc43)c2)CCO1. The van der Waals surface area contributed by atoms with Gasteiger partial charge in [-0.1, -0.05) is 42.5 Å². The van der Waals surface area contributed by atoms with Crippen LogP contribution >= 0.6 is 0 Å². The molecular formula is C30H30F6N2O3. The van der Waals surface area contributed by atoms with Crippen molar-refractivity contribution in [3.05, 3.63) is 89.5 Å². The van der Waals surface area contributed by atoms with E-state index in [1.807, 2.05) is 31.2 Å². The fourth-order valence-electron chi connectivity index (χ4n) is 5.88. The fourth-order valence-corrected chi connectivity index (χ4v) is 5.88. The number of morpholine rings is 1. The third-order valence-electron chi connectivity index (χ3n) is 7.64. The van der Waals surface area contributed by atoms with Crippen LogP contribution in [0.4, 0.5) is 37.7 Å². The van der Waals surface area contributed by atoms with Crippen LogP contribution in [0.2, 0.25) is 0 Å². The van der Waals surface area contributed by atoms with Gasteiger partial charge in [0.25, 0.3) is 0 Å². The zero-order valence-electron chi connectivity index (χ0n) is 22.3. The Balaban J connectivity index is 1.59. The summed E-state index contributed by atoms with van der Waals surface area (Å²) in [7, 11) is 0. The summed E-state index contributed by atoms with van der Waals surface area (Å²) in [4.78, 5) is 3.65. The standard InChI is InChI=1S/C30H30F6N2O3/c1-20-17-37(12-13-40-20)23-8-4-6-21(14-23)16-28(22-7-5-9-24(15-22)41-30(34,35)36)19-38(18-27(39)29(31,32)33)26-11-3-2-10-25(26)28/h2-11,14-15,20,27,39H,12-13,16-19H2,1H3/t20-,27-,28?/m1/s1. The lowest BCUT2D eigenvalue weighted by Gasteiger charge is -2.35. The largest absolute Gasteiger partial charge is 0.573 e. The number of nitrogens with zero attached hydrogens (tertiary/aromatic N) is 2. The first kappa shape index (κ1) is 29.1. The molecule has 5 nitrogen and oxygen atoms in total. The Kier molecular flexibility index (Phi) is 7.86. The number of alkyl halides is 6. The zero-order chi connectivity index (χ0) is 29.4. The van der Waals surface area contributed by atoms with Gasteiger partial charge < -0.3 is 24.4 Å². The highest BCUT2D eigenvalue weighted by Gasteiger charge is 2.47. The van der Waals surface area contributed by atoms with Crippen molar-refractivity contribution in [2.45, 2.75) is 43.5 Å². The second-order valence-corrected chi connectivity index (χ2v) is 10.6. The molecule has 3 aromatic rings.